The number of benzene rings is 2. The molecule has 2 heterocycles. The second-order valence-electron chi connectivity index (χ2n) is 7.26. The first-order chi connectivity index (χ1) is 14.3. The number of rotatable bonds is 5. The molecular formula is C20H20N4O5S. The lowest BCUT2D eigenvalue weighted by atomic mass is 9.98. The first-order valence-corrected chi connectivity index (χ1v) is 10.9. The number of nitro groups is 1. The summed E-state index contributed by atoms with van der Waals surface area (Å²) in [5.74, 6) is 1.02. The summed E-state index contributed by atoms with van der Waals surface area (Å²) in [4.78, 5) is 14.8. The standard InChI is InChI=1S/C20H20N4O5S/c1-14-3-2-4-16(13-14)19-21-20(29-22-19)15-9-11-23(12-10-15)30(27,28)18-7-5-17(6-8-18)24(25)26/h2-8,13,15H,9-12H2,1H3. The Balaban J connectivity index is 1.44. The quantitative estimate of drug-likeness (QED) is 0.450. The van der Waals surface area contributed by atoms with Crippen LogP contribution in [-0.4, -0.2) is 40.9 Å². The molecule has 0 atom stereocenters. The SMILES string of the molecule is Cc1cccc(-c2noc(C3CCN(S(=O)(=O)c4ccc([N+](=O)[O-])cc4)CC3)n2)c1. The average Bonchev–Trinajstić information content (AvgIpc) is 3.24. The third-order valence-electron chi connectivity index (χ3n) is 5.21. The number of hydrogen-bond donors (Lipinski definition) is 0. The molecule has 0 radical (unpaired) electrons. The van der Waals surface area contributed by atoms with Gasteiger partial charge in [-0.15, -0.1) is 0 Å². The van der Waals surface area contributed by atoms with Gasteiger partial charge in [0.2, 0.25) is 21.7 Å². The number of nitrogens with zero attached hydrogens (tertiary/aromatic N) is 4. The van der Waals surface area contributed by atoms with Gasteiger partial charge >= 0.3 is 0 Å². The Morgan fingerprint density at radius 1 is 1.13 bits per heavy atom. The zero-order valence-corrected chi connectivity index (χ0v) is 17.1. The number of non-ortho nitro benzene ring substituents is 1. The van der Waals surface area contributed by atoms with E-state index in [4.69, 9.17) is 4.52 Å². The maximum absolute atomic E-state index is 12.8. The summed E-state index contributed by atoms with van der Waals surface area (Å²) in [7, 11) is -3.71. The fourth-order valence-corrected chi connectivity index (χ4v) is 5.00. The average molecular weight is 428 g/mol. The molecule has 0 N–H and O–H groups in total. The molecule has 0 spiro atoms. The highest BCUT2D eigenvalue weighted by Crippen LogP contribution is 2.31. The smallest absolute Gasteiger partial charge is 0.269 e. The van der Waals surface area contributed by atoms with E-state index in [1.54, 1.807) is 0 Å². The molecule has 1 aromatic heterocycles. The van der Waals surface area contributed by atoms with E-state index in [0.717, 1.165) is 11.1 Å². The first-order valence-electron chi connectivity index (χ1n) is 9.50. The number of aromatic nitrogens is 2. The van der Waals surface area contributed by atoms with E-state index in [1.165, 1.54) is 28.6 Å². The summed E-state index contributed by atoms with van der Waals surface area (Å²) in [6, 6.07) is 12.8. The molecule has 0 amide bonds. The van der Waals surface area contributed by atoms with E-state index >= 15 is 0 Å². The minimum Gasteiger partial charge on any atom is -0.339 e. The first kappa shape index (κ1) is 20.2. The largest absolute Gasteiger partial charge is 0.339 e. The van der Waals surface area contributed by atoms with Crippen LogP contribution in [0.5, 0.6) is 0 Å². The van der Waals surface area contributed by atoms with Gasteiger partial charge in [-0.25, -0.2) is 8.42 Å². The number of aryl methyl sites for hydroxylation is 1. The van der Waals surface area contributed by atoms with Crippen molar-refractivity contribution in [3.8, 4) is 11.4 Å². The second kappa shape index (κ2) is 7.96. The van der Waals surface area contributed by atoms with Gasteiger partial charge in [0.05, 0.1) is 9.82 Å². The van der Waals surface area contributed by atoms with Crippen LogP contribution in [0.3, 0.4) is 0 Å². The van der Waals surface area contributed by atoms with Gasteiger partial charge in [0.15, 0.2) is 0 Å². The van der Waals surface area contributed by atoms with E-state index in [-0.39, 0.29) is 16.5 Å². The zero-order valence-electron chi connectivity index (χ0n) is 16.3. The maximum atomic E-state index is 12.8. The summed E-state index contributed by atoms with van der Waals surface area (Å²) in [5, 5.41) is 14.8. The van der Waals surface area contributed by atoms with Crippen LogP contribution in [-0.2, 0) is 10.0 Å². The minimum absolute atomic E-state index is 0.0145. The van der Waals surface area contributed by atoms with Crippen LogP contribution in [0.1, 0.15) is 30.2 Å². The van der Waals surface area contributed by atoms with Crippen molar-refractivity contribution >= 4 is 15.7 Å². The Morgan fingerprint density at radius 2 is 1.83 bits per heavy atom. The van der Waals surface area contributed by atoms with Crippen molar-refractivity contribution in [1.82, 2.24) is 14.4 Å². The third kappa shape index (κ3) is 3.96. The summed E-state index contributed by atoms with van der Waals surface area (Å²) in [5.41, 5.74) is 1.83. The Labute approximate surface area is 173 Å². The minimum atomic E-state index is -3.71. The van der Waals surface area contributed by atoms with Gasteiger partial charge in [-0.3, -0.25) is 10.1 Å². The van der Waals surface area contributed by atoms with E-state index in [2.05, 4.69) is 10.1 Å². The van der Waals surface area contributed by atoms with E-state index in [0.29, 0.717) is 37.6 Å². The Hall–Kier alpha value is -3.11. The van der Waals surface area contributed by atoms with Crippen molar-refractivity contribution in [2.45, 2.75) is 30.6 Å². The maximum Gasteiger partial charge on any atom is 0.269 e. The zero-order chi connectivity index (χ0) is 21.3. The fraction of sp³-hybridized carbons (Fsp3) is 0.300. The predicted molar refractivity (Wildman–Crippen MR) is 108 cm³/mol. The van der Waals surface area contributed by atoms with E-state index in [9.17, 15) is 18.5 Å². The topological polar surface area (TPSA) is 119 Å². The van der Waals surface area contributed by atoms with Crippen molar-refractivity contribution in [2.24, 2.45) is 0 Å². The molecule has 30 heavy (non-hydrogen) atoms. The summed E-state index contributed by atoms with van der Waals surface area (Å²) >= 11 is 0. The Kier molecular flexibility index (Phi) is 5.35. The van der Waals surface area contributed by atoms with Crippen molar-refractivity contribution < 1.29 is 17.9 Å². The van der Waals surface area contributed by atoms with Crippen LogP contribution in [0.4, 0.5) is 5.69 Å². The highest BCUT2D eigenvalue weighted by Gasteiger charge is 2.32. The van der Waals surface area contributed by atoms with Crippen LogP contribution < -0.4 is 0 Å². The number of sulfonamides is 1. The van der Waals surface area contributed by atoms with Gasteiger partial charge in [-0.05, 0) is 38.0 Å². The molecule has 156 valence electrons. The molecule has 0 unspecified atom stereocenters. The van der Waals surface area contributed by atoms with Crippen molar-refractivity contribution in [2.75, 3.05) is 13.1 Å². The molecule has 10 heteroatoms. The predicted octanol–water partition coefficient (Wildman–Crippen LogP) is 3.52. The third-order valence-corrected chi connectivity index (χ3v) is 7.12. The van der Waals surface area contributed by atoms with Crippen molar-refractivity contribution in [1.29, 1.82) is 0 Å². The van der Waals surface area contributed by atoms with Gasteiger partial charge in [-0.1, -0.05) is 28.9 Å². The number of piperidine rings is 1. The molecule has 0 saturated carbocycles. The van der Waals surface area contributed by atoms with Crippen LogP contribution in [0.15, 0.2) is 57.9 Å². The molecule has 2 aromatic carbocycles. The molecule has 1 saturated heterocycles. The van der Waals surface area contributed by atoms with Crippen molar-refractivity contribution in [3.05, 3.63) is 70.1 Å². The fourth-order valence-electron chi connectivity index (χ4n) is 3.53. The van der Waals surface area contributed by atoms with Crippen LogP contribution in [0.25, 0.3) is 11.4 Å². The second-order valence-corrected chi connectivity index (χ2v) is 9.19. The monoisotopic (exact) mass is 428 g/mol. The normalized spacial score (nSPS) is 15.9. The molecule has 0 aliphatic carbocycles. The van der Waals surface area contributed by atoms with E-state index < -0.39 is 14.9 Å². The summed E-state index contributed by atoms with van der Waals surface area (Å²) in [6.45, 7) is 2.61. The molecule has 1 aliphatic rings. The molecule has 4 rings (SSSR count). The lowest BCUT2D eigenvalue weighted by Crippen LogP contribution is -2.37. The summed E-state index contributed by atoms with van der Waals surface area (Å²) < 4.78 is 32.5. The molecule has 3 aromatic rings. The lowest BCUT2D eigenvalue weighted by Gasteiger charge is -2.29. The van der Waals surface area contributed by atoms with Gasteiger partial charge in [0.25, 0.3) is 5.69 Å². The molecule has 1 aliphatic heterocycles. The van der Waals surface area contributed by atoms with Crippen LogP contribution in [0, 0.1) is 17.0 Å². The molecule has 0 bridgehead atoms. The molecule has 1 fully saturated rings. The van der Waals surface area contributed by atoms with Gasteiger partial charge in [0.1, 0.15) is 0 Å². The summed E-state index contributed by atoms with van der Waals surface area (Å²) in [6.07, 6.45) is 1.11. The van der Waals surface area contributed by atoms with E-state index in [1.807, 2.05) is 31.2 Å². The number of nitro benzene ring substituents is 1. The molecular weight excluding hydrogens is 408 g/mol. The van der Waals surface area contributed by atoms with Crippen molar-refractivity contribution in [3.63, 3.8) is 0 Å². The Bertz CT molecular complexity index is 1170. The lowest BCUT2D eigenvalue weighted by molar-refractivity contribution is -0.384. The number of hydrogen-bond acceptors (Lipinski definition) is 7. The highest BCUT2D eigenvalue weighted by atomic mass is 32.2. The highest BCUT2D eigenvalue weighted by molar-refractivity contribution is 7.89. The van der Waals surface area contributed by atoms with Gasteiger partial charge in [-0.2, -0.15) is 9.29 Å². The van der Waals surface area contributed by atoms with Crippen LogP contribution in [0.2, 0.25) is 0 Å². The van der Waals surface area contributed by atoms with Gasteiger partial charge < -0.3 is 4.52 Å². The van der Waals surface area contributed by atoms with Gasteiger partial charge in [0, 0.05) is 36.7 Å². The molecule has 9 nitrogen and oxygen atoms in total. The van der Waals surface area contributed by atoms with Crippen LogP contribution >= 0.6 is 0 Å². The Morgan fingerprint density at radius 3 is 2.47 bits per heavy atom.